The van der Waals surface area contributed by atoms with Gasteiger partial charge in [-0.1, -0.05) is 36.4 Å². The van der Waals surface area contributed by atoms with E-state index in [0.29, 0.717) is 22.7 Å². The molecule has 1 aliphatic heterocycles. The third kappa shape index (κ3) is 4.50. The summed E-state index contributed by atoms with van der Waals surface area (Å²) in [7, 11) is 3.30. The van der Waals surface area contributed by atoms with Gasteiger partial charge in [0.1, 0.15) is 10.6 Å². The van der Waals surface area contributed by atoms with E-state index < -0.39 is 0 Å². The van der Waals surface area contributed by atoms with E-state index >= 15 is 0 Å². The van der Waals surface area contributed by atoms with Gasteiger partial charge in [-0.15, -0.1) is 11.3 Å². The number of fused-ring (bicyclic) bond motifs is 1. The number of piperidine rings is 1. The lowest BCUT2D eigenvalue weighted by Gasteiger charge is -2.33. The Bertz CT molecular complexity index is 1250. The molecule has 33 heavy (non-hydrogen) atoms. The first kappa shape index (κ1) is 22.0. The molecule has 4 aromatic rings. The minimum absolute atomic E-state index is 0.296. The molecule has 2 aromatic heterocycles. The van der Waals surface area contributed by atoms with E-state index in [9.17, 15) is 0 Å². The standard InChI is InChI=1S/C26H26ClN3O2S/c1-31-21-9-8-19(15-22(21)32-2)20-16-33-25-23(20)24(28-26(27)29-25)30-12-10-18(11-13-30)14-17-6-4-3-5-7-17/h3-9,15-16,18H,10-14H2,1-2H3. The van der Waals surface area contributed by atoms with Crippen molar-refractivity contribution in [1.29, 1.82) is 0 Å². The summed E-state index contributed by atoms with van der Waals surface area (Å²) in [5.74, 6) is 3.02. The number of hydrogen-bond donors (Lipinski definition) is 0. The van der Waals surface area contributed by atoms with E-state index in [1.54, 1.807) is 25.6 Å². The number of anilines is 1. The van der Waals surface area contributed by atoms with E-state index in [0.717, 1.165) is 59.5 Å². The molecule has 0 atom stereocenters. The normalized spacial score (nSPS) is 14.6. The van der Waals surface area contributed by atoms with Gasteiger partial charge in [-0.2, -0.15) is 4.98 Å². The topological polar surface area (TPSA) is 47.5 Å². The maximum Gasteiger partial charge on any atom is 0.225 e. The monoisotopic (exact) mass is 479 g/mol. The molecule has 1 fully saturated rings. The molecule has 0 aliphatic carbocycles. The summed E-state index contributed by atoms with van der Waals surface area (Å²) in [5, 5.41) is 3.48. The molecule has 5 nitrogen and oxygen atoms in total. The average molecular weight is 480 g/mol. The third-order valence-corrected chi connectivity index (χ3v) is 7.40. The Balaban J connectivity index is 1.45. The largest absolute Gasteiger partial charge is 0.493 e. The molecule has 0 radical (unpaired) electrons. The third-order valence-electron chi connectivity index (χ3n) is 6.36. The van der Waals surface area contributed by atoms with Gasteiger partial charge in [-0.25, -0.2) is 4.98 Å². The van der Waals surface area contributed by atoms with Crippen LogP contribution in [0.3, 0.4) is 0 Å². The molecule has 170 valence electrons. The lowest BCUT2D eigenvalue weighted by Crippen LogP contribution is -2.35. The maximum atomic E-state index is 6.34. The molecule has 0 saturated carbocycles. The molecule has 0 N–H and O–H groups in total. The number of hydrogen-bond acceptors (Lipinski definition) is 6. The zero-order valence-electron chi connectivity index (χ0n) is 18.8. The van der Waals surface area contributed by atoms with Crippen molar-refractivity contribution in [2.45, 2.75) is 19.3 Å². The fourth-order valence-electron chi connectivity index (χ4n) is 4.64. The molecule has 7 heteroatoms. The molecule has 0 unspecified atom stereocenters. The number of nitrogens with zero attached hydrogens (tertiary/aromatic N) is 3. The Morgan fingerprint density at radius 1 is 1.00 bits per heavy atom. The van der Waals surface area contributed by atoms with Crippen molar-refractivity contribution in [2.24, 2.45) is 5.92 Å². The summed E-state index contributed by atoms with van der Waals surface area (Å²) in [4.78, 5) is 12.5. The van der Waals surface area contributed by atoms with Crippen molar-refractivity contribution in [3.05, 3.63) is 64.8 Å². The SMILES string of the molecule is COc1ccc(-c2csc3nc(Cl)nc(N4CCC(Cc5ccccc5)CC4)c23)cc1OC. The van der Waals surface area contributed by atoms with Crippen LogP contribution < -0.4 is 14.4 Å². The minimum atomic E-state index is 0.296. The van der Waals surface area contributed by atoms with E-state index in [4.69, 9.17) is 26.1 Å². The van der Waals surface area contributed by atoms with Gasteiger partial charge in [0, 0.05) is 24.0 Å². The summed E-state index contributed by atoms with van der Waals surface area (Å²) < 4.78 is 10.9. The first-order chi connectivity index (χ1) is 16.2. The second-order valence-electron chi connectivity index (χ2n) is 8.34. The molecular weight excluding hydrogens is 454 g/mol. The molecule has 5 rings (SSSR count). The fourth-order valence-corrected chi connectivity index (χ4v) is 5.80. The molecule has 0 amide bonds. The average Bonchev–Trinajstić information content (AvgIpc) is 3.28. The highest BCUT2D eigenvalue weighted by Crippen LogP contribution is 2.42. The maximum absolute atomic E-state index is 6.34. The lowest BCUT2D eigenvalue weighted by atomic mass is 9.90. The summed E-state index contributed by atoms with van der Waals surface area (Å²) in [6.45, 7) is 1.92. The highest BCUT2D eigenvalue weighted by Gasteiger charge is 2.25. The Kier molecular flexibility index (Phi) is 6.38. The van der Waals surface area contributed by atoms with Crippen LogP contribution in [-0.4, -0.2) is 37.3 Å². The summed E-state index contributed by atoms with van der Waals surface area (Å²) >= 11 is 7.94. The molecular formula is C26H26ClN3O2S. The number of halogens is 1. The number of methoxy groups -OCH3 is 2. The molecule has 2 aromatic carbocycles. The quantitative estimate of drug-likeness (QED) is 0.296. The van der Waals surface area contributed by atoms with Crippen LogP contribution in [0.2, 0.25) is 5.28 Å². The van der Waals surface area contributed by atoms with Gasteiger partial charge in [0.25, 0.3) is 0 Å². The Hall–Kier alpha value is -2.83. The molecule has 0 spiro atoms. The first-order valence-electron chi connectivity index (χ1n) is 11.1. The van der Waals surface area contributed by atoms with Crippen molar-refractivity contribution in [1.82, 2.24) is 9.97 Å². The van der Waals surface area contributed by atoms with Crippen molar-refractivity contribution in [2.75, 3.05) is 32.2 Å². The van der Waals surface area contributed by atoms with Gasteiger partial charge in [-0.05, 0) is 60.0 Å². The van der Waals surface area contributed by atoms with Gasteiger partial charge in [0.2, 0.25) is 5.28 Å². The predicted octanol–water partition coefficient (Wildman–Crippen LogP) is 6.49. The van der Waals surface area contributed by atoms with Crippen molar-refractivity contribution in [3.8, 4) is 22.6 Å². The van der Waals surface area contributed by atoms with Crippen LogP contribution >= 0.6 is 22.9 Å². The van der Waals surface area contributed by atoms with Crippen molar-refractivity contribution >= 4 is 39.0 Å². The van der Waals surface area contributed by atoms with Crippen LogP contribution in [0.15, 0.2) is 53.9 Å². The van der Waals surface area contributed by atoms with E-state index in [1.165, 1.54) is 5.56 Å². The van der Waals surface area contributed by atoms with Crippen molar-refractivity contribution in [3.63, 3.8) is 0 Å². The zero-order valence-corrected chi connectivity index (χ0v) is 20.3. The van der Waals surface area contributed by atoms with E-state index in [-0.39, 0.29) is 0 Å². The van der Waals surface area contributed by atoms with E-state index in [1.807, 2.05) is 18.2 Å². The van der Waals surface area contributed by atoms with Crippen LogP contribution in [0.5, 0.6) is 11.5 Å². The second kappa shape index (κ2) is 9.57. The second-order valence-corrected chi connectivity index (χ2v) is 9.53. The number of benzene rings is 2. The van der Waals surface area contributed by atoms with Crippen LogP contribution in [0, 0.1) is 5.92 Å². The van der Waals surface area contributed by atoms with Gasteiger partial charge in [0.15, 0.2) is 11.5 Å². The summed E-state index contributed by atoms with van der Waals surface area (Å²) in [6.07, 6.45) is 3.39. The summed E-state index contributed by atoms with van der Waals surface area (Å²) in [5.41, 5.74) is 3.55. The van der Waals surface area contributed by atoms with Crippen LogP contribution in [-0.2, 0) is 6.42 Å². The van der Waals surface area contributed by atoms with Gasteiger partial charge in [0.05, 0.1) is 19.6 Å². The highest BCUT2D eigenvalue weighted by molar-refractivity contribution is 7.17. The molecule has 0 bridgehead atoms. The Morgan fingerprint density at radius 2 is 1.76 bits per heavy atom. The zero-order chi connectivity index (χ0) is 22.8. The fraction of sp³-hybridized carbons (Fsp3) is 0.308. The van der Waals surface area contributed by atoms with Gasteiger partial charge < -0.3 is 14.4 Å². The van der Waals surface area contributed by atoms with E-state index in [2.05, 4.69) is 45.6 Å². The van der Waals surface area contributed by atoms with Crippen LogP contribution in [0.4, 0.5) is 5.82 Å². The number of ether oxygens (including phenoxy) is 2. The minimum Gasteiger partial charge on any atom is -0.493 e. The predicted molar refractivity (Wildman–Crippen MR) is 136 cm³/mol. The van der Waals surface area contributed by atoms with Crippen molar-refractivity contribution < 1.29 is 9.47 Å². The van der Waals surface area contributed by atoms with Gasteiger partial charge >= 0.3 is 0 Å². The molecule has 3 heterocycles. The smallest absolute Gasteiger partial charge is 0.225 e. The lowest BCUT2D eigenvalue weighted by molar-refractivity contribution is 0.355. The van der Waals surface area contributed by atoms with Crippen LogP contribution in [0.1, 0.15) is 18.4 Å². The Labute approximate surface area is 203 Å². The number of thiophene rings is 1. The first-order valence-corrected chi connectivity index (χ1v) is 12.4. The van der Waals surface area contributed by atoms with Crippen LogP contribution in [0.25, 0.3) is 21.3 Å². The number of rotatable bonds is 6. The summed E-state index contributed by atoms with van der Waals surface area (Å²) in [6, 6.07) is 16.8. The number of aromatic nitrogens is 2. The molecule has 1 aliphatic rings. The Morgan fingerprint density at radius 3 is 2.48 bits per heavy atom. The molecule has 1 saturated heterocycles. The highest BCUT2D eigenvalue weighted by atomic mass is 35.5. The van der Waals surface area contributed by atoms with Gasteiger partial charge in [-0.3, -0.25) is 0 Å².